The fourth-order valence-corrected chi connectivity index (χ4v) is 3.66. The number of ether oxygens (including phenoxy) is 2. The number of esters is 1. The number of carbonyl (C=O) groups excluding carboxylic acids is 2. The number of Topliss-reactive ketones (excluding diaryl/α,β-unsaturated/α-hetero) is 1. The lowest BCUT2D eigenvalue weighted by Crippen LogP contribution is -2.21. The van der Waals surface area contributed by atoms with Gasteiger partial charge in [0.15, 0.2) is 6.61 Å². The van der Waals surface area contributed by atoms with Gasteiger partial charge in [-0.05, 0) is 31.0 Å². The predicted molar refractivity (Wildman–Crippen MR) is 116 cm³/mol. The van der Waals surface area contributed by atoms with Crippen LogP contribution in [0.25, 0.3) is 0 Å². The van der Waals surface area contributed by atoms with Crippen LogP contribution in [0.15, 0.2) is 66.7 Å². The van der Waals surface area contributed by atoms with Crippen LogP contribution in [0, 0.1) is 13.8 Å². The van der Waals surface area contributed by atoms with E-state index in [1.54, 1.807) is 7.11 Å². The highest BCUT2D eigenvalue weighted by Crippen LogP contribution is 2.26. The number of methoxy groups -OCH3 is 1. The fourth-order valence-electron chi connectivity index (χ4n) is 3.66. The first-order valence-corrected chi connectivity index (χ1v) is 9.98. The van der Waals surface area contributed by atoms with Crippen LogP contribution >= 0.6 is 0 Å². The van der Waals surface area contributed by atoms with Gasteiger partial charge in [0, 0.05) is 30.6 Å². The van der Waals surface area contributed by atoms with Gasteiger partial charge in [0.2, 0.25) is 5.78 Å². The molecule has 156 valence electrons. The molecule has 0 N–H and O–H groups in total. The topological polar surface area (TPSA) is 57.5 Å². The number of nitrogens with zero attached hydrogens (tertiary/aromatic N) is 1. The second-order valence-corrected chi connectivity index (χ2v) is 7.21. The number of ketones is 1. The van der Waals surface area contributed by atoms with Crippen LogP contribution in [-0.2, 0) is 20.8 Å². The van der Waals surface area contributed by atoms with Gasteiger partial charge in [-0.15, -0.1) is 0 Å². The zero-order chi connectivity index (χ0) is 21.5. The van der Waals surface area contributed by atoms with Crippen molar-refractivity contribution < 1.29 is 19.1 Å². The molecule has 0 unspecified atom stereocenters. The Hall–Kier alpha value is -3.18. The summed E-state index contributed by atoms with van der Waals surface area (Å²) in [7, 11) is 1.65. The van der Waals surface area contributed by atoms with Crippen molar-refractivity contribution in [3.05, 3.63) is 94.8 Å². The average Bonchev–Trinajstić information content (AvgIpc) is 3.05. The Labute approximate surface area is 177 Å². The molecule has 0 aliphatic rings. The highest BCUT2D eigenvalue weighted by Gasteiger charge is 2.25. The van der Waals surface area contributed by atoms with Crippen molar-refractivity contribution in [1.82, 2.24) is 4.57 Å². The molecule has 2 aromatic carbocycles. The van der Waals surface area contributed by atoms with Gasteiger partial charge in [-0.1, -0.05) is 60.7 Å². The maximum absolute atomic E-state index is 13.0. The Morgan fingerprint density at radius 3 is 2.03 bits per heavy atom. The smallest absolute Gasteiger partial charge is 0.318 e. The van der Waals surface area contributed by atoms with E-state index < -0.39 is 11.9 Å². The van der Waals surface area contributed by atoms with Crippen molar-refractivity contribution in [2.24, 2.45) is 0 Å². The molecule has 0 saturated carbocycles. The summed E-state index contributed by atoms with van der Waals surface area (Å²) in [4.78, 5) is 25.8. The zero-order valence-corrected chi connectivity index (χ0v) is 17.6. The maximum atomic E-state index is 13.0. The number of benzene rings is 2. The molecule has 0 amide bonds. The van der Waals surface area contributed by atoms with Crippen molar-refractivity contribution in [3.63, 3.8) is 0 Å². The lowest BCUT2D eigenvalue weighted by molar-refractivity contribution is -0.143. The second-order valence-electron chi connectivity index (χ2n) is 7.21. The maximum Gasteiger partial charge on any atom is 0.318 e. The van der Waals surface area contributed by atoms with Crippen LogP contribution in [-0.4, -0.2) is 36.6 Å². The van der Waals surface area contributed by atoms with Crippen LogP contribution in [0.5, 0.6) is 0 Å². The van der Waals surface area contributed by atoms with Crippen LogP contribution in [0.4, 0.5) is 0 Å². The van der Waals surface area contributed by atoms with Crippen molar-refractivity contribution in [1.29, 1.82) is 0 Å². The average molecular weight is 405 g/mol. The largest absolute Gasteiger partial charge is 0.457 e. The van der Waals surface area contributed by atoms with E-state index in [2.05, 4.69) is 0 Å². The van der Waals surface area contributed by atoms with Crippen LogP contribution in [0.3, 0.4) is 0 Å². The number of hydrogen-bond acceptors (Lipinski definition) is 4. The minimum absolute atomic E-state index is 0.208. The summed E-state index contributed by atoms with van der Waals surface area (Å²) in [5.74, 6) is -1.22. The molecule has 0 saturated heterocycles. The standard InChI is InChI=1S/C25H27NO4/c1-18-16-22(19(2)26(18)14-15-29-3)23(27)17-30-25(28)24(20-10-6-4-7-11-20)21-12-8-5-9-13-21/h4-13,16,24H,14-15,17H2,1-3H3. The van der Waals surface area contributed by atoms with Gasteiger partial charge in [-0.3, -0.25) is 9.59 Å². The molecule has 0 bridgehead atoms. The Bertz CT molecular complexity index is 953. The summed E-state index contributed by atoms with van der Waals surface area (Å²) in [6, 6.07) is 20.8. The normalized spacial score (nSPS) is 10.9. The first kappa shape index (κ1) is 21.5. The molecular formula is C25H27NO4. The SMILES string of the molecule is COCCn1c(C)cc(C(=O)COC(=O)C(c2ccccc2)c2ccccc2)c1C. The molecule has 0 radical (unpaired) electrons. The van der Waals surface area contributed by atoms with Crippen LogP contribution < -0.4 is 0 Å². The Balaban J connectivity index is 1.75. The van der Waals surface area contributed by atoms with Crippen LogP contribution in [0.1, 0.15) is 38.8 Å². The van der Waals surface area contributed by atoms with Gasteiger partial charge in [-0.25, -0.2) is 0 Å². The van der Waals surface area contributed by atoms with E-state index in [0.29, 0.717) is 18.7 Å². The lowest BCUT2D eigenvalue weighted by atomic mass is 9.91. The van der Waals surface area contributed by atoms with Crippen molar-refractivity contribution in [2.45, 2.75) is 26.3 Å². The van der Waals surface area contributed by atoms with Gasteiger partial charge in [-0.2, -0.15) is 0 Å². The number of rotatable bonds is 9. The first-order valence-electron chi connectivity index (χ1n) is 9.98. The number of carbonyl (C=O) groups is 2. The molecule has 0 aliphatic heterocycles. The third-order valence-corrected chi connectivity index (χ3v) is 5.24. The van der Waals surface area contributed by atoms with Gasteiger partial charge >= 0.3 is 5.97 Å². The summed E-state index contributed by atoms with van der Waals surface area (Å²) in [6.45, 7) is 4.80. The Morgan fingerprint density at radius 1 is 0.933 bits per heavy atom. The van der Waals surface area contributed by atoms with Gasteiger partial charge < -0.3 is 14.0 Å². The molecule has 0 spiro atoms. The lowest BCUT2D eigenvalue weighted by Gasteiger charge is -2.17. The molecule has 1 heterocycles. The molecule has 0 aliphatic carbocycles. The minimum atomic E-state index is -0.575. The van der Waals surface area contributed by atoms with E-state index in [4.69, 9.17) is 9.47 Å². The molecule has 30 heavy (non-hydrogen) atoms. The van der Waals surface area contributed by atoms with Crippen molar-refractivity contribution in [2.75, 3.05) is 20.3 Å². The Kier molecular flexibility index (Phi) is 7.20. The van der Waals surface area contributed by atoms with E-state index in [9.17, 15) is 9.59 Å². The summed E-state index contributed by atoms with van der Waals surface area (Å²) in [6.07, 6.45) is 0. The molecule has 1 aromatic heterocycles. The third-order valence-electron chi connectivity index (χ3n) is 5.24. The van der Waals surface area contributed by atoms with Crippen LogP contribution in [0.2, 0.25) is 0 Å². The number of hydrogen-bond donors (Lipinski definition) is 0. The van der Waals surface area contributed by atoms with Crippen molar-refractivity contribution in [3.8, 4) is 0 Å². The highest BCUT2D eigenvalue weighted by atomic mass is 16.5. The molecule has 3 rings (SSSR count). The molecule has 0 fully saturated rings. The van der Waals surface area contributed by atoms with E-state index in [1.807, 2.05) is 85.1 Å². The van der Waals surface area contributed by atoms with E-state index >= 15 is 0 Å². The summed E-state index contributed by atoms with van der Waals surface area (Å²) in [5.41, 5.74) is 4.07. The van der Waals surface area contributed by atoms with Gasteiger partial charge in [0.25, 0.3) is 0 Å². The quantitative estimate of drug-likeness (QED) is 0.393. The summed E-state index contributed by atoms with van der Waals surface area (Å²) >= 11 is 0. The minimum Gasteiger partial charge on any atom is -0.457 e. The monoisotopic (exact) mass is 405 g/mol. The van der Waals surface area contributed by atoms with E-state index in [-0.39, 0.29) is 12.4 Å². The first-order chi connectivity index (χ1) is 14.5. The van der Waals surface area contributed by atoms with E-state index in [0.717, 1.165) is 22.5 Å². The zero-order valence-electron chi connectivity index (χ0n) is 17.6. The number of aromatic nitrogens is 1. The molecule has 5 heteroatoms. The molecule has 5 nitrogen and oxygen atoms in total. The highest BCUT2D eigenvalue weighted by molar-refractivity contribution is 5.99. The molecule has 3 aromatic rings. The molecular weight excluding hydrogens is 378 g/mol. The second kappa shape index (κ2) is 10.0. The summed E-state index contributed by atoms with van der Waals surface area (Å²) in [5, 5.41) is 0. The summed E-state index contributed by atoms with van der Waals surface area (Å²) < 4.78 is 12.7. The molecule has 0 atom stereocenters. The van der Waals surface area contributed by atoms with Crippen molar-refractivity contribution >= 4 is 11.8 Å². The van der Waals surface area contributed by atoms with E-state index in [1.165, 1.54) is 0 Å². The predicted octanol–water partition coefficient (Wildman–Crippen LogP) is 4.31. The van der Waals surface area contributed by atoms with Gasteiger partial charge in [0.05, 0.1) is 6.61 Å². The third kappa shape index (κ3) is 4.86. The Morgan fingerprint density at radius 2 is 1.50 bits per heavy atom. The van der Waals surface area contributed by atoms with Gasteiger partial charge in [0.1, 0.15) is 5.92 Å². The number of aryl methyl sites for hydroxylation is 1. The fraction of sp³-hybridized carbons (Fsp3) is 0.280.